The minimum Gasteiger partial charge on any atom is -0.394 e. The maximum absolute atomic E-state index is 14.4. The smallest absolute Gasteiger partial charge is 0.330 e. The molecular formula is C10H11FN2O5. The normalized spacial score (nSPS) is 41.7. The van der Waals surface area contributed by atoms with Crippen LogP contribution in [0.25, 0.3) is 0 Å². The average molecular weight is 258 g/mol. The van der Waals surface area contributed by atoms with E-state index < -0.39 is 41.5 Å². The molecule has 0 spiro atoms. The van der Waals surface area contributed by atoms with Gasteiger partial charge in [-0.1, -0.05) is 0 Å². The molecule has 98 valence electrons. The van der Waals surface area contributed by atoms with Crippen LogP contribution in [-0.2, 0) is 4.74 Å². The first-order valence-corrected chi connectivity index (χ1v) is 5.41. The molecule has 1 unspecified atom stereocenters. The Kier molecular flexibility index (Phi) is 2.11. The van der Waals surface area contributed by atoms with Gasteiger partial charge in [-0.3, -0.25) is 14.3 Å². The topological polar surface area (TPSA) is 105 Å². The molecule has 3 rings (SSSR count). The average Bonchev–Trinajstić information content (AvgIpc) is 2.79. The minimum absolute atomic E-state index is 0.207. The molecule has 8 heteroatoms. The number of aliphatic hydroxyl groups excluding tert-OH is 1. The van der Waals surface area contributed by atoms with Gasteiger partial charge in [-0.05, 0) is 0 Å². The zero-order chi connectivity index (χ0) is 13.1. The van der Waals surface area contributed by atoms with Gasteiger partial charge in [-0.25, -0.2) is 9.18 Å². The van der Waals surface area contributed by atoms with Crippen LogP contribution in [0.15, 0.2) is 21.9 Å². The predicted octanol–water partition coefficient (Wildman–Crippen LogP) is -1.73. The van der Waals surface area contributed by atoms with Crippen LogP contribution in [0.4, 0.5) is 4.39 Å². The van der Waals surface area contributed by atoms with Gasteiger partial charge in [-0.15, -0.1) is 0 Å². The molecule has 7 nitrogen and oxygen atoms in total. The van der Waals surface area contributed by atoms with Gasteiger partial charge in [0.05, 0.1) is 6.61 Å². The molecule has 1 aliphatic heterocycles. The zero-order valence-corrected chi connectivity index (χ0v) is 9.17. The largest absolute Gasteiger partial charge is 0.394 e. The van der Waals surface area contributed by atoms with Crippen molar-refractivity contribution in [3.63, 3.8) is 0 Å². The van der Waals surface area contributed by atoms with Gasteiger partial charge in [0.1, 0.15) is 11.7 Å². The van der Waals surface area contributed by atoms with Crippen molar-refractivity contribution in [2.75, 3.05) is 6.61 Å². The van der Waals surface area contributed by atoms with Crippen LogP contribution in [0.2, 0.25) is 0 Å². The molecule has 0 amide bonds. The maximum Gasteiger partial charge on any atom is 0.330 e. The van der Waals surface area contributed by atoms with Crippen molar-refractivity contribution in [3.05, 3.63) is 33.1 Å². The van der Waals surface area contributed by atoms with E-state index in [1.54, 1.807) is 0 Å². The highest BCUT2D eigenvalue weighted by atomic mass is 19.1. The molecule has 1 saturated heterocycles. The molecule has 18 heavy (non-hydrogen) atoms. The number of hydrogen-bond acceptors (Lipinski definition) is 5. The molecule has 3 N–H and O–H groups in total. The fourth-order valence-corrected chi connectivity index (χ4v) is 2.50. The first-order valence-electron chi connectivity index (χ1n) is 5.41. The summed E-state index contributed by atoms with van der Waals surface area (Å²) in [5, 5.41) is 18.9. The van der Waals surface area contributed by atoms with E-state index in [-0.39, 0.29) is 6.42 Å². The number of halogens is 1. The Morgan fingerprint density at radius 2 is 2.33 bits per heavy atom. The van der Waals surface area contributed by atoms with Crippen molar-refractivity contribution in [2.45, 2.75) is 30.0 Å². The van der Waals surface area contributed by atoms with Gasteiger partial charge < -0.3 is 14.9 Å². The first-order chi connectivity index (χ1) is 8.42. The lowest BCUT2D eigenvalue weighted by Gasteiger charge is -2.19. The van der Waals surface area contributed by atoms with Gasteiger partial charge >= 0.3 is 5.69 Å². The maximum atomic E-state index is 14.4. The fraction of sp³-hybridized carbons (Fsp3) is 0.600. The molecule has 2 aliphatic rings. The van der Waals surface area contributed by atoms with E-state index in [0.717, 1.165) is 16.8 Å². The third-order valence-electron chi connectivity index (χ3n) is 3.61. The number of fused-ring (bicyclic) bond motifs is 1. The van der Waals surface area contributed by atoms with Gasteiger partial charge in [0.25, 0.3) is 5.56 Å². The van der Waals surface area contributed by atoms with Gasteiger partial charge in [0, 0.05) is 18.7 Å². The van der Waals surface area contributed by atoms with Gasteiger partial charge in [0.2, 0.25) is 0 Å². The molecule has 1 saturated carbocycles. The molecular weight excluding hydrogens is 247 g/mol. The summed E-state index contributed by atoms with van der Waals surface area (Å²) in [6.45, 7) is -0.545. The second kappa shape index (κ2) is 3.28. The quantitative estimate of drug-likeness (QED) is 0.584. The van der Waals surface area contributed by atoms with Crippen molar-refractivity contribution in [1.29, 1.82) is 0 Å². The van der Waals surface area contributed by atoms with E-state index in [9.17, 15) is 19.1 Å². The van der Waals surface area contributed by atoms with Gasteiger partial charge in [-0.2, -0.15) is 0 Å². The summed E-state index contributed by atoms with van der Waals surface area (Å²) < 4.78 is 20.4. The second-order valence-electron chi connectivity index (χ2n) is 4.64. The van der Waals surface area contributed by atoms with Crippen molar-refractivity contribution in [3.8, 4) is 0 Å². The summed E-state index contributed by atoms with van der Waals surface area (Å²) in [5.41, 5.74) is -5.30. The summed E-state index contributed by atoms with van der Waals surface area (Å²) in [6.07, 6.45) is -1.53. The Morgan fingerprint density at radius 3 is 2.89 bits per heavy atom. The van der Waals surface area contributed by atoms with E-state index in [1.807, 2.05) is 4.98 Å². The second-order valence-corrected chi connectivity index (χ2v) is 4.64. The van der Waals surface area contributed by atoms with Gasteiger partial charge in [0.15, 0.2) is 11.9 Å². The summed E-state index contributed by atoms with van der Waals surface area (Å²) >= 11 is 0. The number of aliphatic hydroxyl groups is 2. The molecule has 4 atom stereocenters. The fourth-order valence-electron chi connectivity index (χ4n) is 2.50. The van der Waals surface area contributed by atoms with Crippen molar-refractivity contribution in [2.24, 2.45) is 0 Å². The Balaban J connectivity index is 2.04. The lowest BCUT2D eigenvalue weighted by atomic mass is 10.1. The van der Waals surface area contributed by atoms with E-state index in [4.69, 9.17) is 9.84 Å². The number of hydrogen-bond donors (Lipinski definition) is 3. The SMILES string of the molecule is O=c1ccn([C@@H]2O[C@H](CO)C3(O)C[C@]23F)c(=O)[nH]1. The number of nitrogens with zero attached hydrogens (tertiary/aromatic N) is 1. The lowest BCUT2D eigenvalue weighted by molar-refractivity contribution is -0.0884. The lowest BCUT2D eigenvalue weighted by Crippen LogP contribution is -2.36. The van der Waals surface area contributed by atoms with Crippen LogP contribution in [0.5, 0.6) is 0 Å². The molecule has 0 aromatic carbocycles. The van der Waals surface area contributed by atoms with Crippen LogP contribution in [0, 0.1) is 0 Å². The number of ether oxygens (including phenoxy) is 1. The van der Waals surface area contributed by atoms with Crippen LogP contribution in [0.1, 0.15) is 12.6 Å². The standard InChI is InChI=1S/C10H11FN2O5/c11-9-4-10(9,17)5(3-14)18-7(9)13-2-1-6(15)12-8(13)16/h1-2,5,7,14,17H,3-4H2,(H,12,15,16)/t5-,7-,9+,10?/m1/s1. The van der Waals surface area contributed by atoms with Crippen molar-refractivity contribution in [1.82, 2.24) is 9.55 Å². The third kappa shape index (κ3) is 1.22. The third-order valence-corrected chi connectivity index (χ3v) is 3.61. The highest BCUT2D eigenvalue weighted by molar-refractivity contribution is 5.28. The van der Waals surface area contributed by atoms with E-state index >= 15 is 0 Å². The zero-order valence-electron chi connectivity index (χ0n) is 9.17. The number of aromatic amines is 1. The highest BCUT2D eigenvalue weighted by Gasteiger charge is 2.82. The number of H-pyrrole nitrogens is 1. The summed E-state index contributed by atoms with van der Waals surface area (Å²) in [7, 11) is 0. The Hall–Kier alpha value is -1.51. The first kappa shape index (κ1) is 11.6. The van der Waals surface area contributed by atoms with E-state index in [0.29, 0.717) is 0 Å². The molecule has 2 heterocycles. The van der Waals surface area contributed by atoms with E-state index in [1.165, 1.54) is 0 Å². The Morgan fingerprint density at radius 1 is 1.61 bits per heavy atom. The molecule has 0 radical (unpaired) electrons. The number of rotatable bonds is 2. The van der Waals surface area contributed by atoms with Crippen molar-refractivity contribution >= 4 is 0 Å². The molecule has 1 aromatic heterocycles. The molecule has 0 bridgehead atoms. The molecule has 2 fully saturated rings. The number of alkyl halides is 1. The number of aromatic nitrogens is 2. The van der Waals surface area contributed by atoms with Crippen molar-refractivity contribution < 1.29 is 19.3 Å². The Labute approximate surface area is 99.4 Å². The van der Waals surface area contributed by atoms with E-state index in [2.05, 4.69) is 0 Å². The molecule has 1 aromatic rings. The minimum atomic E-state index is -2.11. The summed E-state index contributed by atoms with van der Waals surface area (Å²) in [4.78, 5) is 24.4. The highest BCUT2D eigenvalue weighted by Crippen LogP contribution is 2.65. The Bertz CT molecular complexity index is 613. The predicted molar refractivity (Wildman–Crippen MR) is 55.7 cm³/mol. The summed E-state index contributed by atoms with van der Waals surface area (Å²) in [5.74, 6) is 0. The van der Waals surface area contributed by atoms with Crippen LogP contribution < -0.4 is 11.2 Å². The van der Waals surface area contributed by atoms with Crippen LogP contribution >= 0.6 is 0 Å². The molecule has 1 aliphatic carbocycles. The monoisotopic (exact) mass is 258 g/mol. The van der Waals surface area contributed by atoms with Crippen LogP contribution in [0.3, 0.4) is 0 Å². The summed E-state index contributed by atoms with van der Waals surface area (Å²) in [6, 6.07) is 1.06. The number of nitrogens with one attached hydrogen (secondary N) is 1. The van der Waals surface area contributed by atoms with Crippen LogP contribution in [-0.4, -0.2) is 43.7 Å².